The number of amides is 1. The summed E-state index contributed by atoms with van der Waals surface area (Å²) >= 11 is 0. The second-order valence-electron chi connectivity index (χ2n) is 8.92. The van der Waals surface area contributed by atoms with Crippen molar-refractivity contribution in [1.29, 1.82) is 0 Å². The van der Waals surface area contributed by atoms with Gasteiger partial charge in [0.05, 0.1) is 20.3 Å². The number of nitrogens with one attached hydrogen (secondary N) is 1. The Kier molecular flexibility index (Phi) is 8.10. The van der Waals surface area contributed by atoms with Gasteiger partial charge in [-0.1, -0.05) is 18.2 Å². The Hall–Kier alpha value is -3.58. The number of H-pyrrole nitrogens is 1. The van der Waals surface area contributed by atoms with Crippen LogP contribution in [-0.2, 0) is 13.0 Å². The summed E-state index contributed by atoms with van der Waals surface area (Å²) in [5, 5.41) is 0. The molecule has 0 bridgehead atoms. The molecule has 0 saturated heterocycles. The zero-order chi connectivity index (χ0) is 25.7. The van der Waals surface area contributed by atoms with E-state index in [1.165, 1.54) is 11.1 Å². The van der Waals surface area contributed by atoms with Crippen molar-refractivity contribution in [1.82, 2.24) is 19.8 Å². The Bertz CT molecular complexity index is 1210. The number of benzene rings is 2. The van der Waals surface area contributed by atoms with Gasteiger partial charge in [0.25, 0.3) is 5.91 Å². The van der Waals surface area contributed by atoms with E-state index < -0.39 is 0 Å². The van der Waals surface area contributed by atoms with Crippen LogP contribution in [0, 0.1) is 0 Å². The molecule has 1 amide bonds. The van der Waals surface area contributed by atoms with Crippen LogP contribution in [0.3, 0.4) is 0 Å². The van der Waals surface area contributed by atoms with Crippen LogP contribution in [-0.4, -0.2) is 59.5 Å². The zero-order valence-corrected chi connectivity index (χ0v) is 21.9. The van der Waals surface area contributed by atoms with Crippen molar-refractivity contribution in [2.45, 2.75) is 39.8 Å². The summed E-state index contributed by atoms with van der Waals surface area (Å²) in [7, 11) is 3.34. The first-order chi connectivity index (χ1) is 17.5. The van der Waals surface area contributed by atoms with Crippen LogP contribution in [0.4, 0.5) is 0 Å². The Morgan fingerprint density at radius 3 is 2.47 bits per heavy atom. The monoisotopic (exact) mass is 488 g/mol. The number of carbonyl (C=O) groups is 1. The smallest absolute Gasteiger partial charge is 0.253 e. The Balaban J connectivity index is 1.73. The van der Waals surface area contributed by atoms with Gasteiger partial charge in [-0.15, -0.1) is 0 Å². The molecule has 1 aliphatic rings. The summed E-state index contributed by atoms with van der Waals surface area (Å²) in [4.78, 5) is 25.1. The molecule has 0 saturated carbocycles. The van der Waals surface area contributed by atoms with Gasteiger partial charge < -0.3 is 19.4 Å². The SMILES string of the molecule is C/C=C/c1ncc(CN2CCc3cc(OC)c(OC)cc3C2c2ccc(C(=O)N(CC)CC)cc2)[nH]1. The lowest BCUT2D eigenvalue weighted by atomic mass is 9.87. The lowest BCUT2D eigenvalue weighted by Gasteiger charge is -2.38. The maximum absolute atomic E-state index is 12.9. The first-order valence-corrected chi connectivity index (χ1v) is 12.6. The molecule has 0 radical (unpaired) electrons. The molecule has 1 aliphatic heterocycles. The molecule has 7 nitrogen and oxygen atoms in total. The van der Waals surface area contributed by atoms with Crippen LogP contribution in [0.1, 0.15) is 65.4 Å². The van der Waals surface area contributed by atoms with Crippen molar-refractivity contribution in [3.05, 3.63) is 82.4 Å². The van der Waals surface area contributed by atoms with Gasteiger partial charge in [0.2, 0.25) is 0 Å². The Morgan fingerprint density at radius 1 is 1.14 bits per heavy atom. The van der Waals surface area contributed by atoms with Gasteiger partial charge in [0, 0.05) is 43.6 Å². The van der Waals surface area contributed by atoms with Crippen LogP contribution >= 0.6 is 0 Å². The highest BCUT2D eigenvalue weighted by Gasteiger charge is 2.31. The van der Waals surface area contributed by atoms with Crippen LogP contribution in [0.25, 0.3) is 6.08 Å². The molecular weight excluding hydrogens is 452 g/mol. The molecule has 1 aromatic heterocycles. The number of fused-ring (bicyclic) bond motifs is 1. The molecule has 36 heavy (non-hydrogen) atoms. The van der Waals surface area contributed by atoms with Gasteiger partial charge >= 0.3 is 0 Å². The lowest BCUT2D eigenvalue weighted by molar-refractivity contribution is 0.0773. The molecule has 0 spiro atoms. The fourth-order valence-corrected chi connectivity index (χ4v) is 4.98. The number of nitrogens with zero attached hydrogens (tertiary/aromatic N) is 3. The molecule has 1 unspecified atom stereocenters. The maximum atomic E-state index is 12.9. The van der Waals surface area contributed by atoms with Gasteiger partial charge in [-0.3, -0.25) is 9.69 Å². The molecule has 0 aliphatic carbocycles. The average Bonchev–Trinajstić information content (AvgIpc) is 3.35. The molecule has 190 valence electrons. The van der Waals surface area contributed by atoms with Gasteiger partial charge in [0.15, 0.2) is 11.5 Å². The van der Waals surface area contributed by atoms with E-state index in [2.05, 4.69) is 39.1 Å². The van der Waals surface area contributed by atoms with Gasteiger partial charge in [-0.2, -0.15) is 0 Å². The minimum atomic E-state index is -0.000344. The summed E-state index contributed by atoms with van der Waals surface area (Å²) in [6.07, 6.45) is 6.75. The molecule has 7 heteroatoms. The first kappa shape index (κ1) is 25.5. The average molecular weight is 489 g/mol. The minimum absolute atomic E-state index is 0.000344. The summed E-state index contributed by atoms with van der Waals surface area (Å²) in [6.45, 7) is 8.99. The van der Waals surface area contributed by atoms with E-state index in [1.807, 2.05) is 56.2 Å². The quantitative estimate of drug-likeness (QED) is 0.454. The first-order valence-electron chi connectivity index (χ1n) is 12.6. The number of ether oxygens (including phenoxy) is 2. The summed E-state index contributed by atoms with van der Waals surface area (Å²) in [6, 6.07) is 12.2. The molecule has 1 N–H and O–H groups in total. The fourth-order valence-electron chi connectivity index (χ4n) is 4.98. The highest BCUT2D eigenvalue weighted by molar-refractivity contribution is 5.94. The zero-order valence-electron chi connectivity index (χ0n) is 21.9. The molecule has 4 rings (SSSR count). The molecule has 0 fully saturated rings. The second-order valence-corrected chi connectivity index (χ2v) is 8.92. The predicted molar refractivity (Wildman–Crippen MR) is 142 cm³/mol. The van der Waals surface area contributed by atoms with Crippen LogP contribution in [0.15, 0.2) is 48.7 Å². The number of hydrogen-bond donors (Lipinski definition) is 1. The summed E-state index contributed by atoms with van der Waals surface area (Å²) in [5.41, 5.74) is 5.34. The number of hydrogen-bond acceptors (Lipinski definition) is 5. The van der Waals surface area contributed by atoms with E-state index >= 15 is 0 Å². The largest absolute Gasteiger partial charge is 0.493 e. The van der Waals surface area contributed by atoms with Crippen LogP contribution < -0.4 is 9.47 Å². The highest BCUT2D eigenvalue weighted by Crippen LogP contribution is 2.41. The Labute approximate surface area is 213 Å². The van der Waals surface area contributed by atoms with Crippen molar-refractivity contribution < 1.29 is 14.3 Å². The van der Waals surface area contributed by atoms with Crippen molar-refractivity contribution in [2.24, 2.45) is 0 Å². The van der Waals surface area contributed by atoms with Crippen LogP contribution in [0.2, 0.25) is 0 Å². The van der Waals surface area contributed by atoms with Gasteiger partial charge in [0.1, 0.15) is 5.82 Å². The minimum Gasteiger partial charge on any atom is -0.493 e. The Morgan fingerprint density at radius 2 is 1.83 bits per heavy atom. The highest BCUT2D eigenvalue weighted by atomic mass is 16.5. The number of allylic oxidation sites excluding steroid dienone is 1. The molecule has 2 aromatic carbocycles. The number of aromatic nitrogens is 2. The van der Waals surface area contributed by atoms with Crippen molar-refractivity contribution in [2.75, 3.05) is 33.9 Å². The number of methoxy groups -OCH3 is 2. The number of aromatic amines is 1. The van der Waals surface area contributed by atoms with E-state index in [0.29, 0.717) is 24.4 Å². The third-order valence-corrected chi connectivity index (χ3v) is 6.84. The normalized spacial score (nSPS) is 15.6. The van der Waals surface area contributed by atoms with E-state index in [0.717, 1.165) is 42.3 Å². The topological polar surface area (TPSA) is 70.7 Å². The van der Waals surface area contributed by atoms with Crippen molar-refractivity contribution in [3.8, 4) is 11.5 Å². The van der Waals surface area contributed by atoms with Crippen LogP contribution in [0.5, 0.6) is 11.5 Å². The van der Waals surface area contributed by atoms with E-state index in [1.54, 1.807) is 14.2 Å². The second kappa shape index (κ2) is 11.4. The van der Waals surface area contributed by atoms with Crippen molar-refractivity contribution in [3.63, 3.8) is 0 Å². The lowest BCUT2D eigenvalue weighted by Crippen LogP contribution is -2.36. The third kappa shape index (κ3) is 5.16. The summed E-state index contributed by atoms with van der Waals surface area (Å²) in [5.74, 6) is 2.38. The predicted octanol–water partition coefficient (Wildman–Crippen LogP) is 5.09. The molecule has 2 heterocycles. The molecular formula is C29H36N4O3. The number of carbonyl (C=O) groups excluding carboxylic acids is 1. The fraction of sp³-hybridized carbons (Fsp3) is 0.379. The maximum Gasteiger partial charge on any atom is 0.253 e. The van der Waals surface area contributed by atoms with E-state index in [4.69, 9.17) is 9.47 Å². The molecule has 3 aromatic rings. The van der Waals surface area contributed by atoms with Gasteiger partial charge in [-0.05, 0) is 74.2 Å². The summed E-state index contributed by atoms with van der Waals surface area (Å²) < 4.78 is 11.2. The number of rotatable bonds is 9. The van der Waals surface area contributed by atoms with E-state index in [9.17, 15) is 4.79 Å². The standard InChI is InChI=1S/C29H36N4O3/c1-6-9-27-30-18-23(31-27)19-33-15-14-22-16-25(35-4)26(36-5)17-24(22)28(33)20-10-12-21(13-11-20)29(34)32(7-2)8-3/h6,9-13,16-18,28H,7-8,14-15,19H2,1-5H3,(H,30,31)/b9-6+. The van der Waals surface area contributed by atoms with E-state index in [-0.39, 0.29) is 11.9 Å². The van der Waals surface area contributed by atoms with Crippen molar-refractivity contribution >= 4 is 12.0 Å². The number of imidazole rings is 1. The van der Waals surface area contributed by atoms with Gasteiger partial charge in [-0.25, -0.2) is 4.98 Å². The third-order valence-electron chi connectivity index (χ3n) is 6.84. The molecule has 1 atom stereocenters.